The molecule has 266 valence electrons. The van der Waals surface area contributed by atoms with Crippen LogP contribution in [0.1, 0.15) is 109 Å². The second kappa shape index (κ2) is 12.5. The minimum Gasteiger partial charge on any atom is -0.506 e. The summed E-state index contributed by atoms with van der Waals surface area (Å²) < 4.78 is 20.0. The van der Waals surface area contributed by atoms with E-state index < -0.39 is 46.7 Å². The zero-order chi connectivity index (χ0) is 36.5. The molecule has 6 aliphatic rings. The number of phenolic OH excluding ortho intramolecular Hbond substituents is 1. The molecule has 3 aliphatic heterocycles. The number of hydrogen-bond donors (Lipinski definition) is 3. The number of ketones is 2. The van der Waals surface area contributed by atoms with Gasteiger partial charge in [0.05, 0.1) is 11.2 Å². The van der Waals surface area contributed by atoms with E-state index in [9.17, 15) is 29.7 Å². The van der Waals surface area contributed by atoms with Crippen molar-refractivity contribution in [2.75, 3.05) is 0 Å². The summed E-state index contributed by atoms with van der Waals surface area (Å²) in [7, 11) is 0. The highest BCUT2D eigenvalue weighted by Gasteiger charge is 2.81. The summed E-state index contributed by atoms with van der Waals surface area (Å²) in [6.45, 7) is 15.2. The number of aliphatic carboxylic acids is 1. The molecule has 1 aromatic rings. The molecule has 4 bridgehead atoms. The minimum atomic E-state index is -1.68. The lowest BCUT2D eigenvalue weighted by molar-refractivity contribution is -0.171. The van der Waals surface area contributed by atoms with Gasteiger partial charge in [-0.3, -0.25) is 9.59 Å². The number of aromatic hydroxyl groups is 1. The van der Waals surface area contributed by atoms with Crippen LogP contribution < -0.4 is 9.47 Å². The summed E-state index contributed by atoms with van der Waals surface area (Å²) in [5.41, 5.74) is 0.794. The van der Waals surface area contributed by atoms with Crippen molar-refractivity contribution < 1.29 is 43.9 Å². The normalized spacial score (nSPS) is 28.8. The standard InChI is InChI=1S/C41H48O9/c1-21(2)10-9-11-23(5)13-14-25-18-28-32(42)31-33(43)29-19-26-20-30-39(7,8)50-40(36(26)44,17-16-24(6)37(45)46)41(29,30)49-35(31)27(15-12-22(3)4)34(28)48-38(25)47/h10,12-13,16,18-19,26,30,38,42,47H,9,11,14-15,17,20H2,1-8H3,(H,45,46)/b23-13+,24-16-/t26-,30-,38?,40-,41+/m1/s1. The zero-order valence-corrected chi connectivity index (χ0v) is 30.2. The van der Waals surface area contributed by atoms with Gasteiger partial charge in [-0.25, -0.2) is 4.79 Å². The van der Waals surface area contributed by atoms with E-state index in [-0.39, 0.29) is 58.1 Å². The maximum absolute atomic E-state index is 14.8. The van der Waals surface area contributed by atoms with Gasteiger partial charge in [0, 0.05) is 40.5 Å². The van der Waals surface area contributed by atoms with Gasteiger partial charge in [0.15, 0.2) is 22.8 Å². The molecule has 9 heteroatoms. The number of rotatable bonds is 10. The molecular weight excluding hydrogens is 636 g/mol. The smallest absolute Gasteiger partial charge is 0.330 e. The van der Waals surface area contributed by atoms with Crippen LogP contribution in [-0.2, 0) is 20.7 Å². The summed E-state index contributed by atoms with van der Waals surface area (Å²) >= 11 is 0. The first-order valence-electron chi connectivity index (χ1n) is 17.4. The maximum atomic E-state index is 14.8. The largest absolute Gasteiger partial charge is 0.506 e. The van der Waals surface area contributed by atoms with Gasteiger partial charge in [-0.15, -0.1) is 0 Å². The van der Waals surface area contributed by atoms with Gasteiger partial charge < -0.3 is 29.5 Å². The van der Waals surface area contributed by atoms with E-state index in [2.05, 4.69) is 19.9 Å². The van der Waals surface area contributed by atoms with E-state index in [4.69, 9.17) is 14.2 Å². The van der Waals surface area contributed by atoms with Crippen LogP contribution in [0.4, 0.5) is 0 Å². The Morgan fingerprint density at radius 2 is 1.68 bits per heavy atom. The van der Waals surface area contributed by atoms with Gasteiger partial charge in [0.2, 0.25) is 6.29 Å². The Balaban J connectivity index is 1.53. The number of carbonyl (C=O) groups is 3. The van der Waals surface area contributed by atoms with Crippen molar-refractivity contribution >= 4 is 23.6 Å². The minimum absolute atomic E-state index is 0.0218. The van der Waals surface area contributed by atoms with E-state index in [1.165, 1.54) is 18.6 Å². The topological polar surface area (TPSA) is 140 Å². The molecular formula is C41H48O9. The summed E-state index contributed by atoms with van der Waals surface area (Å²) in [5.74, 6) is -2.95. The summed E-state index contributed by atoms with van der Waals surface area (Å²) in [6, 6.07) is 0. The molecule has 9 nitrogen and oxygen atoms in total. The van der Waals surface area contributed by atoms with Crippen molar-refractivity contribution in [2.24, 2.45) is 11.8 Å². The van der Waals surface area contributed by atoms with E-state index in [0.29, 0.717) is 24.0 Å². The average molecular weight is 685 g/mol. The van der Waals surface area contributed by atoms with Gasteiger partial charge >= 0.3 is 5.97 Å². The summed E-state index contributed by atoms with van der Waals surface area (Å²) in [4.78, 5) is 41.0. The van der Waals surface area contributed by atoms with Crippen LogP contribution in [0.15, 0.2) is 63.8 Å². The molecule has 50 heavy (non-hydrogen) atoms. The van der Waals surface area contributed by atoms with Crippen molar-refractivity contribution in [3.63, 3.8) is 0 Å². The first-order valence-corrected chi connectivity index (χ1v) is 17.4. The van der Waals surface area contributed by atoms with Crippen LogP contribution in [0, 0.1) is 11.8 Å². The molecule has 1 aromatic carbocycles. The van der Waals surface area contributed by atoms with Crippen molar-refractivity contribution in [3.8, 4) is 17.2 Å². The van der Waals surface area contributed by atoms with Gasteiger partial charge in [-0.2, -0.15) is 0 Å². The Labute approximate surface area is 293 Å². The molecule has 2 fully saturated rings. The number of aliphatic hydroxyl groups excluding tert-OH is 1. The lowest BCUT2D eigenvalue weighted by Crippen LogP contribution is -2.72. The van der Waals surface area contributed by atoms with Crippen LogP contribution in [-0.4, -0.2) is 55.9 Å². The van der Waals surface area contributed by atoms with E-state index >= 15 is 0 Å². The number of phenols is 1. The fourth-order valence-corrected chi connectivity index (χ4v) is 8.45. The first-order chi connectivity index (χ1) is 23.4. The monoisotopic (exact) mass is 684 g/mol. The van der Waals surface area contributed by atoms with Crippen LogP contribution in [0.25, 0.3) is 6.08 Å². The fourth-order valence-electron chi connectivity index (χ4n) is 8.45. The number of fused-ring (bicyclic) bond motifs is 2. The number of allylic oxidation sites excluding steroid dienone is 7. The van der Waals surface area contributed by atoms with Crippen molar-refractivity contribution in [2.45, 2.75) is 117 Å². The van der Waals surface area contributed by atoms with E-state index in [1.54, 1.807) is 12.2 Å². The molecule has 3 N–H and O–H groups in total. The number of carboxylic acid groups (broad SMARTS) is 1. The number of aliphatic hydroxyl groups is 1. The Bertz CT molecular complexity index is 1870. The lowest BCUT2D eigenvalue weighted by Gasteiger charge is -2.56. The van der Waals surface area contributed by atoms with Gasteiger partial charge in [0.1, 0.15) is 22.8 Å². The molecule has 5 atom stereocenters. The molecule has 3 heterocycles. The number of benzene rings is 1. The highest BCUT2D eigenvalue weighted by atomic mass is 16.6. The Hall–Kier alpha value is -4.21. The summed E-state index contributed by atoms with van der Waals surface area (Å²) in [5, 5.41) is 32.8. The van der Waals surface area contributed by atoms with Crippen LogP contribution in [0.3, 0.4) is 0 Å². The van der Waals surface area contributed by atoms with Gasteiger partial charge in [-0.05, 0) is 93.6 Å². The molecule has 1 saturated carbocycles. The predicted octanol–water partition coefficient (Wildman–Crippen LogP) is 7.51. The van der Waals surface area contributed by atoms with Gasteiger partial charge in [-0.1, -0.05) is 47.1 Å². The molecule has 3 aliphatic carbocycles. The highest BCUT2D eigenvalue weighted by Crippen LogP contribution is 2.68. The average Bonchev–Trinajstić information content (AvgIpc) is 3.19. The Kier molecular flexibility index (Phi) is 8.92. The van der Waals surface area contributed by atoms with Gasteiger partial charge in [0.25, 0.3) is 0 Å². The third-order valence-corrected chi connectivity index (χ3v) is 11.0. The van der Waals surface area contributed by atoms with Crippen molar-refractivity contribution in [1.29, 1.82) is 0 Å². The second-order valence-corrected chi connectivity index (χ2v) is 15.5. The molecule has 7 rings (SSSR count). The van der Waals surface area contributed by atoms with Crippen LogP contribution >= 0.6 is 0 Å². The Morgan fingerprint density at radius 1 is 0.980 bits per heavy atom. The maximum Gasteiger partial charge on any atom is 0.330 e. The number of carboxylic acids is 1. The quantitative estimate of drug-likeness (QED) is 0.169. The van der Waals surface area contributed by atoms with Crippen LogP contribution in [0.5, 0.6) is 17.2 Å². The van der Waals surface area contributed by atoms with E-state index in [0.717, 1.165) is 24.0 Å². The fraction of sp³-hybridized carbons (Fsp3) is 0.488. The highest BCUT2D eigenvalue weighted by molar-refractivity contribution is 6.19. The molecule has 0 radical (unpaired) electrons. The van der Waals surface area contributed by atoms with E-state index in [1.807, 2.05) is 46.8 Å². The SMILES string of the molecule is CC(C)=CCC/C(C)=C/CC1=Cc2c(O)c3c(c(CC=C(C)C)c2OC1O)O[C@@]12C(=C[C@@H]4C[C@@H]1C(C)(C)O[C@]2(C/C=C(/C)C(=O)O)C4=O)C3=O. The lowest BCUT2D eigenvalue weighted by atomic mass is 9.51. The number of Topliss-reactive ketones (excluding diaryl/α,β-unsaturated/α-hetero) is 2. The number of hydrogen-bond acceptors (Lipinski definition) is 8. The Morgan fingerprint density at radius 3 is 2.34 bits per heavy atom. The molecule has 0 aromatic heterocycles. The van der Waals surface area contributed by atoms with Crippen molar-refractivity contribution in [1.82, 2.24) is 0 Å². The summed E-state index contributed by atoms with van der Waals surface area (Å²) in [6.07, 6.45) is 12.4. The molecule has 1 spiro atoms. The number of ether oxygens (including phenoxy) is 3. The number of carbonyl (C=O) groups excluding carboxylic acids is 2. The molecule has 1 saturated heterocycles. The van der Waals surface area contributed by atoms with Crippen molar-refractivity contribution in [3.05, 3.63) is 80.5 Å². The predicted molar refractivity (Wildman–Crippen MR) is 189 cm³/mol. The molecule has 0 amide bonds. The zero-order valence-electron chi connectivity index (χ0n) is 30.2. The third kappa shape index (κ3) is 5.41. The third-order valence-electron chi connectivity index (χ3n) is 11.0. The molecule has 1 unspecified atom stereocenters. The second-order valence-electron chi connectivity index (χ2n) is 15.5. The van der Waals surface area contributed by atoms with Crippen LogP contribution in [0.2, 0.25) is 0 Å². The first kappa shape index (κ1) is 35.6.